The van der Waals surface area contributed by atoms with E-state index in [1.807, 2.05) is 30.3 Å². The van der Waals surface area contributed by atoms with Crippen LogP contribution in [0.3, 0.4) is 0 Å². The first-order valence-electron chi connectivity index (χ1n) is 9.06. The van der Waals surface area contributed by atoms with Crippen molar-refractivity contribution in [1.82, 2.24) is 5.32 Å². The Balaban J connectivity index is 1.83. The zero-order valence-corrected chi connectivity index (χ0v) is 17.8. The number of thiophene rings is 1. The van der Waals surface area contributed by atoms with Gasteiger partial charge in [0.15, 0.2) is 0 Å². The molecule has 0 bridgehead atoms. The normalized spacial score (nSPS) is 12.2. The summed E-state index contributed by atoms with van der Waals surface area (Å²) in [7, 11) is -3.93. The number of aryl methyl sites for hydroxylation is 1. The fourth-order valence-corrected chi connectivity index (χ4v) is 4.34. The van der Waals surface area contributed by atoms with Crippen molar-refractivity contribution in [2.24, 2.45) is 5.14 Å². The number of nitrogens with two attached hydrogens (primary N) is 1. The Kier molecular flexibility index (Phi) is 6.66. The summed E-state index contributed by atoms with van der Waals surface area (Å²) >= 11 is 1.28. The summed E-state index contributed by atoms with van der Waals surface area (Å²) in [5.41, 5.74) is 1.62. The number of primary sulfonamides is 1. The van der Waals surface area contributed by atoms with Crippen LogP contribution in [0.4, 0.5) is 5.69 Å². The molecule has 2 amide bonds. The number of nitrogens with one attached hydrogen (secondary N) is 2. The number of amides is 2. The Morgan fingerprint density at radius 2 is 1.80 bits per heavy atom. The smallest absolute Gasteiger partial charge is 0.262 e. The second-order valence-electron chi connectivity index (χ2n) is 6.71. The third-order valence-corrected chi connectivity index (χ3v) is 6.33. The van der Waals surface area contributed by atoms with Gasteiger partial charge in [0.2, 0.25) is 15.9 Å². The number of benzene rings is 2. The van der Waals surface area contributed by atoms with Crippen LogP contribution >= 0.6 is 11.3 Å². The first-order chi connectivity index (χ1) is 14.2. The Hall–Kier alpha value is -3.01. The first kappa shape index (κ1) is 21.7. The predicted octanol–water partition coefficient (Wildman–Crippen LogP) is 2.68. The molecule has 7 nitrogen and oxygen atoms in total. The fraction of sp³-hybridized carbons (Fsp3) is 0.143. The Morgan fingerprint density at radius 1 is 1.07 bits per heavy atom. The largest absolute Gasteiger partial charge is 0.339 e. The third kappa shape index (κ3) is 5.53. The molecule has 3 aromatic rings. The van der Waals surface area contributed by atoms with Crippen LogP contribution in [0.5, 0.6) is 0 Å². The van der Waals surface area contributed by atoms with E-state index >= 15 is 0 Å². The van der Waals surface area contributed by atoms with Crippen molar-refractivity contribution in [3.8, 4) is 0 Å². The van der Waals surface area contributed by atoms with Crippen LogP contribution in [0.1, 0.15) is 20.8 Å². The van der Waals surface area contributed by atoms with E-state index in [1.165, 1.54) is 17.4 Å². The van der Waals surface area contributed by atoms with Crippen LogP contribution in [0.25, 0.3) is 0 Å². The lowest BCUT2D eigenvalue weighted by atomic mass is 10.0. The van der Waals surface area contributed by atoms with E-state index < -0.39 is 22.0 Å². The standard InChI is InChI=1S/C21H21N3O4S2/c1-14-9-10-16(13-19(14)30(22,27)28)23-20(25)17(12-15-6-3-2-4-7-15)24-21(26)18-8-5-11-29-18/h2-11,13,17H,12H2,1H3,(H,23,25)(H,24,26)(H2,22,27,28)/t17-/m1/s1. The van der Waals surface area contributed by atoms with E-state index in [1.54, 1.807) is 36.6 Å². The molecule has 0 radical (unpaired) electrons. The van der Waals surface area contributed by atoms with E-state index in [4.69, 9.17) is 5.14 Å². The minimum Gasteiger partial charge on any atom is -0.339 e. The topological polar surface area (TPSA) is 118 Å². The van der Waals surface area contributed by atoms with Gasteiger partial charge in [-0.1, -0.05) is 42.5 Å². The highest BCUT2D eigenvalue weighted by Gasteiger charge is 2.23. The monoisotopic (exact) mass is 443 g/mol. The maximum absolute atomic E-state index is 13.0. The van der Waals surface area contributed by atoms with Crippen molar-refractivity contribution in [2.75, 3.05) is 5.32 Å². The molecule has 0 saturated carbocycles. The minimum absolute atomic E-state index is 0.0671. The maximum Gasteiger partial charge on any atom is 0.262 e. The molecular formula is C21H21N3O4S2. The Bertz CT molecular complexity index is 1140. The molecular weight excluding hydrogens is 422 g/mol. The van der Waals surface area contributed by atoms with E-state index in [0.717, 1.165) is 5.56 Å². The van der Waals surface area contributed by atoms with Gasteiger partial charge >= 0.3 is 0 Å². The SMILES string of the molecule is Cc1ccc(NC(=O)[C@@H](Cc2ccccc2)NC(=O)c2cccs2)cc1S(N)(=O)=O. The van der Waals surface area contributed by atoms with Crippen molar-refractivity contribution in [2.45, 2.75) is 24.3 Å². The highest BCUT2D eigenvalue weighted by molar-refractivity contribution is 7.89. The van der Waals surface area contributed by atoms with Gasteiger partial charge in [0, 0.05) is 12.1 Å². The van der Waals surface area contributed by atoms with Crippen LogP contribution < -0.4 is 15.8 Å². The molecule has 4 N–H and O–H groups in total. The average molecular weight is 444 g/mol. The van der Waals surface area contributed by atoms with Gasteiger partial charge in [-0.3, -0.25) is 9.59 Å². The zero-order chi connectivity index (χ0) is 21.7. The molecule has 9 heteroatoms. The van der Waals surface area contributed by atoms with Gasteiger partial charge < -0.3 is 10.6 Å². The Morgan fingerprint density at radius 3 is 2.43 bits per heavy atom. The van der Waals surface area contributed by atoms with Gasteiger partial charge in [0.1, 0.15) is 6.04 Å². The number of carbonyl (C=O) groups excluding carboxylic acids is 2. The molecule has 0 aliphatic rings. The van der Waals surface area contributed by atoms with E-state index in [2.05, 4.69) is 10.6 Å². The second kappa shape index (κ2) is 9.21. The number of hydrogen-bond donors (Lipinski definition) is 3. The fourth-order valence-electron chi connectivity index (χ4n) is 2.91. The summed E-state index contributed by atoms with van der Waals surface area (Å²) in [6.45, 7) is 1.62. The number of hydrogen-bond acceptors (Lipinski definition) is 5. The van der Waals surface area contributed by atoms with Crippen molar-refractivity contribution in [3.05, 3.63) is 82.0 Å². The summed E-state index contributed by atoms with van der Waals surface area (Å²) in [4.78, 5) is 25.9. The van der Waals surface area contributed by atoms with Crippen LogP contribution in [-0.2, 0) is 21.2 Å². The van der Waals surface area contributed by atoms with Crippen molar-refractivity contribution in [3.63, 3.8) is 0 Å². The quantitative estimate of drug-likeness (QED) is 0.520. The van der Waals surface area contributed by atoms with E-state index in [-0.39, 0.29) is 22.9 Å². The Labute approximate surface area is 179 Å². The van der Waals surface area contributed by atoms with Gasteiger partial charge in [0.25, 0.3) is 5.91 Å². The van der Waals surface area contributed by atoms with Gasteiger partial charge in [-0.25, -0.2) is 13.6 Å². The minimum atomic E-state index is -3.93. The lowest BCUT2D eigenvalue weighted by Crippen LogP contribution is -2.45. The van der Waals surface area contributed by atoms with E-state index in [0.29, 0.717) is 10.4 Å². The van der Waals surface area contributed by atoms with Crippen molar-refractivity contribution < 1.29 is 18.0 Å². The molecule has 0 aliphatic heterocycles. The molecule has 1 heterocycles. The first-order valence-corrected chi connectivity index (χ1v) is 11.5. The summed E-state index contributed by atoms with van der Waals surface area (Å²) in [6.07, 6.45) is 0.275. The molecule has 1 aromatic heterocycles. The van der Waals surface area contributed by atoms with Crippen molar-refractivity contribution >= 4 is 38.9 Å². The number of sulfonamides is 1. The van der Waals surface area contributed by atoms with Gasteiger partial charge in [-0.2, -0.15) is 0 Å². The number of anilines is 1. The number of carbonyl (C=O) groups is 2. The lowest BCUT2D eigenvalue weighted by molar-refractivity contribution is -0.118. The maximum atomic E-state index is 13.0. The second-order valence-corrected chi connectivity index (χ2v) is 9.19. The zero-order valence-electron chi connectivity index (χ0n) is 16.2. The van der Waals surface area contributed by atoms with E-state index in [9.17, 15) is 18.0 Å². The summed E-state index contributed by atoms with van der Waals surface area (Å²) in [5.74, 6) is -0.816. The molecule has 156 valence electrons. The van der Waals surface area contributed by atoms with Crippen LogP contribution in [0.15, 0.2) is 70.9 Å². The summed E-state index contributed by atoms with van der Waals surface area (Å²) in [5, 5.41) is 12.5. The highest BCUT2D eigenvalue weighted by Crippen LogP contribution is 2.19. The summed E-state index contributed by atoms with van der Waals surface area (Å²) in [6, 6.07) is 16.3. The van der Waals surface area contributed by atoms with Crippen LogP contribution in [-0.4, -0.2) is 26.3 Å². The van der Waals surface area contributed by atoms with Gasteiger partial charge in [-0.15, -0.1) is 11.3 Å². The van der Waals surface area contributed by atoms with Crippen molar-refractivity contribution in [1.29, 1.82) is 0 Å². The molecule has 0 unspecified atom stereocenters. The lowest BCUT2D eigenvalue weighted by Gasteiger charge is -2.19. The van der Waals surface area contributed by atoms with Crippen LogP contribution in [0.2, 0.25) is 0 Å². The molecule has 3 rings (SSSR count). The van der Waals surface area contributed by atoms with Gasteiger partial charge in [0.05, 0.1) is 9.77 Å². The molecule has 1 atom stereocenters. The molecule has 0 fully saturated rings. The molecule has 0 aliphatic carbocycles. The molecule has 30 heavy (non-hydrogen) atoms. The molecule has 0 saturated heterocycles. The number of rotatable bonds is 7. The van der Waals surface area contributed by atoms with Gasteiger partial charge in [-0.05, 0) is 41.6 Å². The average Bonchev–Trinajstić information content (AvgIpc) is 3.24. The molecule has 0 spiro atoms. The van der Waals surface area contributed by atoms with Crippen LogP contribution in [0, 0.1) is 6.92 Å². The highest BCUT2D eigenvalue weighted by atomic mass is 32.2. The third-order valence-electron chi connectivity index (χ3n) is 4.41. The predicted molar refractivity (Wildman–Crippen MR) is 117 cm³/mol. The molecule has 2 aromatic carbocycles. The summed E-state index contributed by atoms with van der Waals surface area (Å²) < 4.78 is 23.5.